The number of amides is 4. The Hall–Kier alpha value is -4.01. The van der Waals surface area contributed by atoms with Crippen molar-refractivity contribution < 1.29 is 28.7 Å². The van der Waals surface area contributed by atoms with Crippen molar-refractivity contribution >= 4 is 41.0 Å². The number of hydrogen-bond acceptors (Lipinski definition) is 6. The minimum absolute atomic E-state index is 0.0142. The fraction of sp³-hybridized carbons (Fsp3) is 0.190. The number of benzene rings is 2. The van der Waals surface area contributed by atoms with Gasteiger partial charge in [0.1, 0.15) is 6.54 Å². The second kappa shape index (κ2) is 8.99. The zero-order chi connectivity index (χ0) is 21.7. The third-order valence-corrected chi connectivity index (χ3v) is 4.25. The number of fused-ring (bicyclic) bond motifs is 1. The molecule has 0 spiro atoms. The average Bonchev–Trinajstić information content (AvgIpc) is 2.69. The quantitative estimate of drug-likeness (QED) is 0.549. The van der Waals surface area contributed by atoms with E-state index < -0.39 is 36.8 Å². The van der Waals surface area contributed by atoms with Crippen molar-refractivity contribution in [2.24, 2.45) is 0 Å². The summed E-state index contributed by atoms with van der Waals surface area (Å²) < 4.78 is 4.89. The zero-order valence-electron chi connectivity index (χ0n) is 16.1. The molecule has 2 N–H and O–H groups in total. The number of esters is 1. The summed E-state index contributed by atoms with van der Waals surface area (Å²) in [5, 5.41) is 5.11. The van der Waals surface area contributed by atoms with E-state index in [0.717, 1.165) is 4.90 Å². The fourth-order valence-corrected chi connectivity index (χ4v) is 2.96. The molecule has 0 aliphatic carbocycles. The lowest BCUT2D eigenvalue weighted by Crippen LogP contribution is -2.45. The Balaban J connectivity index is 1.52. The summed E-state index contributed by atoms with van der Waals surface area (Å²) >= 11 is 0. The van der Waals surface area contributed by atoms with E-state index in [4.69, 9.17) is 4.74 Å². The highest BCUT2D eigenvalue weighted by Gasteiger charge is 2.32. The molecule has 4 amide bonds. The molecule has 0 radical (unpaired) electrons. The first kappa shape index (κ1) is 20.7. The van der Waals surface area contributed by atoms with Crippen molar-refractivity contribution in [3.8, 4) is 0 Å². The van der Waals surface area contributed by atoms with Gasteiger partial charge in [0.2, 0.25) is 11.8 Å². The number of hydrogen-bond donors (Lipinski definition) is 2. The van der Waals surface area contributed by atoms with Crippen LogP contribution in [0.2, 0.25) is 0 Å². The first-order valence-corrected chi connectivity index (χ1v) is 9.09. The number of nitrogens with zero attached hydrogens (tertiary/aromatic N) is 1. The van der Waals surface area contributed by atoms with Crippen LogP contribution in [0.4, 0.5) is 11.4 Å². The molecule has 2 aromatic rings. The predicted molar refractivity (Wildman–Crippen MR) is 107 cm³/mol. The van der Waals surface area contributed by atoms with E-state index in [1.165, 1.54) is 6.92 Å². The molecular formula is C21H19N3O6. The van der Waals surface area contributed by atoms with E-state index in [1.807, 2.05) is 0 Å². The molecule has 154 valence electrons. The van der Waals surface area contributed by atoms with E-state index in [1.54, 1.807) is 48.5 Å². The summed E-state index contributed by atoms with van der Waals surface area (Å²) in [4.78, 5) is 60.6. The summed E-state index contributed by atoms with van der Waals surface area (Å²) in [6.45, 7) is 0.203. The molecule has 0 bridgehead atoms. The lowest BCUT2D eigenvalue weighted by Gasteiger charge is -2.25. The van der Waals surface area contributed by atoms with Crippen LogP contribution in [-0.4, -0.2) is 47.6 Å². The molecule has 9 heteroatoms. The smallest absolute Gasteiger partial charge is 0.326 e. The number of rotatable bonds is 6. The number of ether oxygens (including phenoxy) is 1. The Morgan fingerprint density at radius 2 is 1.70 bits per heavy atom. The van der Waals surface area contributed by atoms with Crippen LogP contribution in [0.15, 0.2) is 48.5 Å². The monoisotopic (exact) mass is 409 g/mol. The maximum absolute atomic E-state index is 12.4. The van der Waals surface area contributed by atoms with Crippen molar-refractivity contribution in [2.75, 3.05) is 23.8 Å². The molecule has 2 aromatic carbocycles. The lowest BCUT2D eigenvalue weighted by atomic mass is 9.98. The van der Waals surface area contributed by atoms with E-state index in [-0.39, 0.29) is 12.3 Å². The summed E-state index contributed by atoms with van der Waals surface area (Å²) in [7, 11) is 0. The number of imide groups is 1. The molecule has 1 aliphatic heterocycles. The summed E-state index contributed by atoms with van der Waals surface area (Å²) in [5.41, 5.74) is 1.87. The summed E-state index contributed by atoms with van der Waals surface area (Å²) in [6.07, 6.45) is 0.0142. The van der Waals surface area contributed by atoms with Gasteiger partial charge < -0.3 is 15.4 Å². The van der Waals surface area contributed by atoms with Gasteiger partial charge in [-0.3, -0.25) is 28.9 Å². The second-order valence-corrected chi connectivity index (χ2v) is 6.59. The van der Waals surface area contributed by atoms with Gasteiger partial charge in [-0.1, -0.05) is 24.3 Å². The molecule has 0 saturated heterocycles. The van der Waals surface area contributed by atoms with Crippen LogP contribution < -0.4 is 10.6 Å². The minimum Gasteiger partial charge on any atom is -0.454 e. The zero-order valence-corrected chi connectivity index (χ0v) is 16.1. The van der Waals surface area contributed by atoms with Crippen molar-refractivity contribution in [3.63, 3.8) is 0 Å². The van der Waals surface area contributed by atoms with Crippen LogP contribution in [0.25, 0.3) is 0 Å². The lowest BCUT2D eigenvalue weighted by molar-refractivity contribution is -0.150. The van der Waals surface area contributed by atoms with E-state index in [9.17, 15) is 24.0 Å². The van der Waals surface area contributed by atoms with Gasteiger partial charge in [-0.2, -0.15) is 0 Å². The normalized spacial score (nSPS) is 12.8. The predicted octanol–water partition coefficient (Wildman–Crippen LogP) is 1.35. The second-order valence-electron chi connectivity index (χ2n) is 6.59. The standard InChI is InChI=1S/C21H19N3O6/c1-13(25)22-15-6-4-7-16(10-15)23-18(26)12-30-20(28)11-24-19(27)9-14-5-2-3-8-17(14)21(24)29/h2-8,10H,9,11-12H2,1H3,(H,22,25)(H,23,26). The van der Waals surface area contributed by atoms with Gasteiger partial charge in [0.15, 0.2) is 6.61 Å². The van der Waals surface area contributed by atoms with Crippen LogP contribution in [-0.2, 0) is 30.3 Å². The highest BCUT2D eigenvalue weighted by atomic mass is 16.5. The van der Waals surface area contributed by atoms with Crippen LogP contribution in [0.5, 0.6) is 0 Å². The van der Waals surface area contributed by atoms with Crippen LogP contribution >= 0.6 is 0 Å². The number of anilines is 2. The Labute approximate surface area is 172 Å². The van der Waals surface area contributed by atoms with Gasteiger partial charge in [0.25, 0.3) is 11.8 Å². The van der Waals surface area contributed by atoms with Gasteiger partial charge in [0, 0.05) is 23.9 Å². The molecule has 9 nitrogen and oxygen atoms in total. The molecule has 0 unspecified atom stereocenters. The van der Waals surface area contributed by atoms with E-state index in [2.05, 4.69) is 10.6 Å². The van der Waals surface area contributed by atoms with Crippen LogP contribution in [0, 0.1) is 0 Å². The van der Waals surface area contributed by atoms with E-state index >= 15 is 0 Å². The van der Waals surface area contributed by atoms with Crippen molar-refractivity contribution in [3.05, 3.63) is 59.7 Å². The van der Waals surface area contributed by atoms with Gasteiger partial charge in [-0.05, 0) is 29.8 Å². The Bertz CT molecular complexity index is 1030. The van der Waals surface area contributed by atoms with Crippen LogP contribution in [0.3, 0.4) is 0 Å². The molecule has 0 saturated carbocycles. The molecule has 1 aliphatic rings. The van der Waals surface area contributed by atoms with Gasteiger partial charge in [-0.15, -0.1) is 0 Å². The molecule has 0 fully saturated rings. The maximum Gasteiger partial charge on any atom is 0.326 e. The summed E-state index contributed by atoms with van der Waals surface area (Å²) in [5.74, 6) is -2.81. The minimum atomic E-state index is -0.877. The first-order chi connectivity index (χ1) is 14.3. The topological polar surface area (TPSA) is 122 Å². The Morgan fingerprint density at radius 3 is 2.43 bits per heavy atom. The summed E-state index contributed by atoms with van der Waals surface area (Å²) in [6, 6.07) is 13.1. The molecule has 30 heavy (non-hydrogen) atoms. The van der Waals surface area contributed by atoms with Gasteiger partial charge in [0.05, 0.1) is 6.42 Å². The van der Waals surface area contributed by atoms with Crippen LogP contribution in [0.1, 0.15) is 22.8 Å². The van der Waals surface area contributed by atoms with Gasteiger partial charge in [-0.25, -0.2) is 0 Å². The Kier molecular flexibility index (Phi) is 6.21. The maximum atomic E-state index is 12.4. The molecule has 3 rings (SSSR count). The first-order valence-electron chi connectivity index (χ1n) is 9.09. The van der Waals surface area contributed by atoms with Crippen molar-refractivity contribution in [2.45, 2.75) is 13.3 Å². The third-order valence-electron chi connectivity index (χ3n) is 4.25. The highest BCUT2D eigenvalue weighted by Crippen LogP contribution is 2.19. The number of carbonyl (C=O) groups excluding carboxylic acids is 5. The number of carbonyl (C=O) groups is 5. The Morgan fingerprint density at radius 1 is 1.00 bits per heavy atom. The molecule has 0 aromatic heterocycles. The largest absolute Gasteiger partial charge is 0.454 e. The van der Waals surface area contributed by atoms with Crippen molar-refractivity contribution in [1.29, 1.82) is 0 Å². The SMILES string of the molecule is CC(=O)Nc1cccc(NC(=O)COC(=O)CN2C(=O)Cc3ccccc3C2=O)c1. The van der Waals surface area contributed by atoms with Crippen molar-refractivity contribution in [1.82, 2.24) is 4.90 Å². The van der Waals surface area contributed by atoms with E-state index in [0.29, 0.717) is 22.5 Å². The highest BCUT2D eigenvalue weighted by molar-refractivity contribution is 6.11. The molecule has 0 atom stereocenters. The average molecular weight is 409 g/mol. The molecule has 1 heterocycles. The fourth-order valence-electron chi connectivity index (χ4n) is 2.96. The number of nitrogens with one attached hydrogen (secondary N) is 2. The van der Waals surface area contributed by atoms with Gasteiger partial charge >= 0.3 is 5.97 Å². The molecular weight excluding hydrogens is 390 g/mol. The third kappa shape index (κ3) is 5.07.